The third kappa shape index (κ3) is 58.8. The van der Waals surface area contributed by atoms with Crippen LogP contribution >= 0.6 is 7.82 Å². The standard InChI is InChI=1S/C64H129N2O6P/c1-6-8-10-12-14-16-18-20-22-24-25-26-27-28-29-30-31-32-33-34-35-36-37-38-39-40-41-42-44-46-48-50-52-54-56-58-64(68)65-62(61-72-73(69,70)71-60-59-66(3,4)5)63(67)57-55-53-51-49-47-45-43-23-21-19-17-15-13-11-9-7-2/h55,57,62-63,67H,6-54,56,58-61H2,1-5H3,(H-,65,68,69,70)/p+1/b57-55+. The Balaban J connectivity index is 3.93. The van der Waals surface area contributed by atoms with Gasteiger partial charge in [-0.05, 0) is 19.3 Å². The van der Waals surface area contributed by atoms with Crippen molar-refractivity contribution in [1.29, 1.82) is 0 Å². The van der Waals surface area contributed by atoms with Gasteiger partial charge in [-0.3, -0.25) is 13.8 Å². The molecule has 3 N–H and O–H groups in total. The topological polar surface area (TPSA) is 105 Å². The zero-order valence-electron chi connectivity index (χ0n) is 49.9. The summed E-state index contributed by atoms with van der Waals surface area (Å²) in [6.07, 6.45) is 70.7. The van der Waals surface area contributed by atoms with E-state index in [1.807, 2.05) is 27.2 Å². The van der Waals surface area contributed by atoms with E-state index in [2.05, 4.69) is 19.2 Å². The zero-order chi connectivity index (χ0) is 53.5. The second-order valence-corrected chi connectivity index (χ2v) is 25.3. The first-order valence-corrected chi connectivity index (χ1v) is 34.1. The lowest BCUT2D eigenvalue weighted by molar-refractivity contribution is -0.870. The van der Waals surface area contributed by atoms with Crippen molar-refractivity contribution in [2.75, 3.05) is 40.9 Å². The van der Waals surface area contributed by atoms with Crippen LogP contribution < -0.4 is 5.32 Å². The van der Waals surface area contributed by atoms with Crippen LogP contribution in [0, 0.1) is 0 Å². The molecule has 0 saturated heterocycles. The summed E-state index contributed by atoms with van der Waals surface area (Å²) >= 11 is 0. The molecule has 0 fully saturated rings. The van der Waals surface area contributed by atoms with Gasteiger partial charge in [-0.2, -0.15) is 0 Å². The van der Waals surface area contributed by atoms with Crippen molar-refractivity contribution in [3.63, 3.8) is 0 Å². The number of aliphatic hydroxyl groups is 1. The van der Waals surface area contributed by atoms with Crippen LogP contribution in [0.25, 0.3) is 0 Å². The molecule has 0 aromatic carbocycles. The monoisotopic (exact) mass is 1050 g/mol. The Labute approximate surface area is 456 Å². The van der Waals surface area contributed by atoms with Crippen LogP contribution in [0.2, 0.25) is 0 Å². The maximum atomic E-state index is 13.0. The Hall–Kier alpha value is -0.760. The second-order valence-electron chi connectivity index (χ2n) is 23.9. The SMILES string of the molecule is CCCCCCCCCCCCCCCC/C=C/C(O)C(COP(=O)(O)OCC[N+](C)(C)C)NC(=O)CCCCCCCCCCCCCCCCCCCCCCCCCCCCCCCCCCCCC. The number of hydrogen-bond acceptors (Lipinski definition) is 5. The predicted octanol–water partition coefficient (Wildman–Crippen LogP) is 20.2. The summed E-state index contributed by atoms with van der Waals surface area (Å²) in [4.78, 5) is 23.3. The average Bonchev–Trinajstić information content (AvgIpc) is 3.35. The van der Waals surface area contributed by atoms with Gasteiger partial charge < -0.3 is 19.8 Å². The van der Waals surface area contributed by atoms with E-state index in [9.17, 15) is 19.4 Å². The smallest absolute Gasteiger partial charge is 0.387 e. The Kier molecular flexibility index (Phi) is 55.4. The number of nitrogens with zero attached hydrogens (tertiary/aromatic N) is 1. The summed E-state index contributed by atoms with van der Waals surface area (Å²) in [5, 5.41) is 14.0. The van der Waals surface area contributed by atoms with Crippen LogP contribution in [-0.2, 0) is 18.4 Å². The highest BCUT2D eigenvalue weighted by atomic mass is 31.2. The summed E-state index contributed by atoms with van der Waals surface area (Å²) in [7, 11) is 1.59. The van der Waals surface area contributed by atoms with Crippen molar-refractivity contribution in [2.45, 2.75) is 353 Å². The number of phosphoric ester groups is 1. The van der Waals surface area contributed by atoms with Crippen LogP contribution in [0.4, 0.5) is 0 Å². The highest BCUT2D eigenvalue weighted by Gasteiger charge is 2.28. The molecule has 0 spiro atoms. The van der Waals surface area contributed by atoms with Crippen molar-refractivity contribution in [2.24, 2.45) is 0 Å². The number of carbonyl (C=O) groups is 1. The van der Waals surface area contributed by atoms with Gasteiger partial charge >= 0.3 is 7.82 Å². The molecule has 3 atom stereocenters. The summed E-state index contributed by atoms with van der Waals surface area (Å²) in [5.41, 5.74) is 0. The fraction of sp³-hybridized carbons (Fsp3) is 0.953. The molecular weight excluding hydrogens is 924 g/mol. The van der Waals surface area contributed by atoms with Gasteiger partial charge in [-0.25, -0.2) is 4.57 Å². The largest absolute Gasteiger partial charge is 0.472 e. The molecule has 0 heterocycles. The van der Waals surface area contributed by atoms with Crippen molar-refractivity contribution >= 4 is 13.7 Å². The van der Waals surface area contributed by atoms with E-state index in [1.165, 1.54) is 289 Å². The lowest BCUT2D eigenvalue weighted by atomic mass is 10.0. The fourth-order valence-electron chi connectivity index (χ4n) is 10.2. The van der Waals surface area contributed by atoms with Crippen molar-refractivity contribution in [1.82, 2.24) is 5.32 Å². The summed E-state index contributed by atoms with van der Waals surface area (Å²) in [5.74, 6) is -0.169. The number of unbranched alkanes of at least 4 members (excludes halogenated alkanes) is 48. The van der Waals surface area contributed by atoms with Crippen molar-refractivity contribution in [3.05, 3.63) is 12.2 Å². The first kappa shape index (κ1) is 72.2. The Morgan fingerprint density at radius 1 is 0.452 bits per heavy atom. The molecule has 73 heavy (non-hydrogen) atoms. The number of carbonyl (C=O) groups excluding carboxylic acids is 1. The van der Waals surface area contributed by atoms with Gasteiger partial charge in [0.1, 0.15) is 13.2 Å². The van der Waals surface area contributed by atoms with E-state index < -0.39 is 20.0 Å². The minimum atomic E-state index is -4.34. The molecule has 9 heteroatoms. The molecule has 0 saturated carbocycles. The number of aliphatic hydroxyl groups excluding tert-OH is 1. The first-order valence-electron chi connectivity index (χ1n) is 32.6. The molecule has 0 aromatic rings. The first-order chi connectivity index (χ1) is 35.5. The molecule has 0 aliphatic carbocycles. The van der Waals surface area contributed by atoms with Gasteiger partial charge in [0.2, 0.25) is 5.91 Å². The summed E-state index contributed by atoms with van der Waals surface area (Å²) in [6, 6.07) is -0.842. The number of amides is 1. The Morgan fingerprint density at radius 3 is 1.01 bits per heavy atom. The maximum absolute atomic E-state index is 13.0. The second kappa shape index (κ2) is 56.0. The highest BCUT2D eigenvalue weighted by molar-refractivity contribution is 7.47. The molecule has 0 aromatic heterocycles. The number of allylic oxidation sites excluding steroid dienone is 1. The van der Waals surface area contributed by atoms with E-state index in [1.54, 1.807) is 6.08 Å². The average molecular weight is 1050 g/mol. The highest BCUT2D eigenvalue weighted by Crippen LogP contribution is 2.43. The Bertz CT molecular complexity index is 1200. The minimum Gasteiger partial charge on any atom is -0.387 e. The third-order valence-electron chi connectivity index (χ3n) is 15.3. The quantitative estimate of drug-likeness (QED) is 0.0243. The van der Waals surface area contributed by atoms with Gasteiger partial charge in [0, 0.05) is 6.42 Å². The molecule has 436 valence electrons. The van der Waals surface area contributed by atoms with Crippen LogP contribution in [0.5, 0.6) is 0 Å². The normalized spacial score (nSPS) is 13.8. The maximum Gasteiger partial charge on any atom is 0.472 e. The molecule has 0 aliphatic rings. The van der Waals surface area contributed by atoms with Gasteiger partial charge in [0.05, 0.1) is 39.9 Å². The lowest BCUT2D eigenvalue weighted by Crippen LogP contribution is -2.45. The number of hydrogen-bond donors (Lipinski definition) is 3. The van der Waals surface area contributed by atoms with Gasteiger partial charge in [0.25, 0.3) is 0 Å². The Morgan fingerprint density at radius 2 is 0.726 bits per heavy atom. The molecule has 0 bridgehead atoms. The number of nitrogens with one attached hydrogen (secondary N) is 1. The van der Waals surface area contributed by atoms with Crippen LogP contribution in [0.3, 0.4) is 0 Å². The molecule has 8 nitrogen and oxygen atoms in total. The summed E-state index contributed by atoms with van der Waals surface area (Å²) in [6.45, 7) is 4.87. The number of quaternary nitrogens is 1. The molecule has 1 amide bonds. The zero-order valence-corrected chi connectivity index (χ0v) is 50.8. The van der Waals surface area contributed by atoms with E-state index in [0.717, 1.165) is 32.1 Å². The van der Waals surface area contributed by atoms with Crippen molar-refractivity contribution in [3.8, 4) is 0 Å². The van der Waals surface area contributed by atoms with E-state index in [4.69, 9.17) is 9.05 Å². The molecule has 0 aliphatic heterocycles. The molecule has 0 radical (unpaired) electrons. The predicted molar refractivity (Wildman–Crippen MR) is 319 cm³/mol. The number of phosphoric acid groups is 1. The minimum absolute atomic E-state index is 0.0652. The van der Waals surface area contributed by atoms with Crippen LogP contribution in [0.1, 0.15) is 341 Å². The van der Waals surface area contributed by atoms with Crippen LogP contribution in [-0.4, -0.2) is 73.4 Å². The fourth-order valence-corrected chi connectivity index (χ4v) is 10.9. The van der Waals surface area contributed by atoms with E-state index >= 15 is 0 Å². The molecular formula is C64H130N2O6P+. The lowest BCUT2D eigenvalue weighted by Gasteiger charge is -2.25. The van der Waals surface area contributed by atoms with Crippen molar-refractivity contribution < 1.29 is 32.9 Å². The number of rotatable bonds is 61. The van der Waals surface area contributed by atoms with E-state index in [0.29, 0.717) is 17.4 Å². The molecule has 3 unspecified atom stereocenters. The van der Waals surface area contributed by atoms with Gasteiger partial charge in [-0.15, -0.1) is 0 Å². The van der Waals surface area contributed by atoms with Gasteiger partial charge in [0.15, 0.2) is 0 Å². The van der Waals surface area contributed by atoms with Gasteiger partial charge in [-0.1, -0.05) is 328 Å². The van der Waals surface area contributed by atoms with Crippen LogP contribution in [0.15, 0.2) is 12.2 Å². The summed E-state index contributed by atoms with van der Waals surface area (Å²) < 4.78 is 23.7. The third-order valence-corrected chi connectivity index (χ3v) is 16.2. The number of likely N-dealkylation sites (N-methyl/N-ethyl adjacent to an activating group) is 1. The molecule has 0 rings (SSSR count). The van der Waals surface area contributed by atoms with E-state index in [-0.39, 0.29) is 19.1 Å².